The van der Waals surface area contributed by atoms with Crippen LogP contribution < -0.4 is 5.73 Å². The highest BCUT2D eigenvalue weighted by molar-refractivity contribution is 8.93. The molecule has 2 heterocycles. The van der Waals surface area contributed by atoms with Crippen LogP contribution in [0.3, 0.4) is 0 Å². The molecule has 150 valence electrons. The summed E-state index contributed by atoms with van der Waals surface area (Å²) in [5, 5.41) is 0. The number of ether oxygens (including phenoxy) is 1. The topological polar surface area (TPSA) is 55.6 Å². The van der Waals surface area contributed by atoms with E-state index in [1.807, 2.05) is 6.07 Å². The SMILES string of the molecule is Br.CCC(c1ccccc1)[C@H](N)[C@H]1CN2C[C@H]3CCCC[C@H]3C[C@H]2C(=O)O1. The lowest BCUT2D eigenvalue weighted by Gasteiger charge is -2.49. The van der Waals surface area contributed by atoms with E-state index in [1.165, 1.54) is 31.2 Å². The Bertz CT molecular complexity index is 626. The van der Waals surface area contributed by atoms with Crippen molar-refractivity contribution in [1.82, 2.24) is 4.90 Å². The van der Waals surface area contributed by atoms with Crippen molar-refractivity contribution >= 4 is 23.0 Å². The Morgan fingerprint density at radius 1 is 1.15 bits per heavy atom. The van der Waals surface area contributed by atoms with Crippen LogP contribution in [0.5, 0.6) is 0 Å². The number of carbonyl (C=O) groups is 1. The van der Waals surface area contributed by atoms with Crippen LogP contribution >= 0.6 is 17.0 Å². The highest BCUT2D eigenvalue weighted by atomic mass is 79.9. The smallest absolute Gasteiger partial charge is 0.323 e. The number of cyclic esters (lactones) is 1. The molecule has 1 unspecified atom stereocenters. The largest absolute Gasteiger partial charge is 0.458 e. The fourth-order valence-electron chi connectivity index (χ4n) is 5.53. The van der Waals surface area contributed by atoms with E-state index in [-0.39, 0.29) is 47.1 Å². The normalized spacial score (nSPS) is 33.0. The van der Waals surface area contributed by atoms with E-state index in [1.54, 1.807) is 0 Å². The number of halogens is 1. The van der Waals surface area contributed by atoms with Gasteiger partial charge in [-0.3, -0.25) is 9.69 Å². The minimum absolute atomic E-state index is 0. The van der Waals surface area contributed by atoms with E-state index < -0.39 is 0 Å². The van der Waals surface area contributed by atoms with Gasteiger partial charge in [-0.05, 0) is 36.7 Å². The van der Waals surface area contributed by atoms with Gasteiger partial charge in [-0.15, -0.1) is 17.0 Å². The minimum Gasteiger partial charge on any atom is -0.458 e. The highest BCUT2D eigenvalue weighted by Crippen LogP contribution is 2.40. The third-order valence-corrected chi connectivity index (χ3v) is 7.02. The first kappa shape index (κ1) is 20.8. The van der Waals surface area contributed by atoms with Crippen molar-refractivity contribution in [3.05, 3.63) is 35.9 Å². The lowest BCUT2D eigenvalue weighted by atomic mass is 9.72. The molecule has 5 heteroatoms. The number of nitrogens with zero attached hydrogens (tertiary/aromatic N) is 1. The van der Waals surface area contributed by atoms with Gasteiger partial charge >= 0.3 is 5.97 Å². The predicted octanol–water partition coefficient (Wildman–Crippen LogP) is 3.89. The molecule has 0 radical (unpaired) electrons. The molecule has 0 spiro atoms. The zero-order valence-corrected chi connectivity index (χ0v) is 18.0. The van der Waals surface area contributed by atoms with Crippen molar-refractivity contribution in [2.45, 2.75) is 69.6 Å². The maximum absolute atomic E-state index is 12.7. The fraction of sp³-hybridized carbons (Fsp3) is 0.682. The molecule has 6 atom stereocenters. The van der Waals surface area contributed by atoms with Crippen LogP contribution in [-0.4, -0.2) is 42.1 Å². The maximum atomic E-state index is 12.7. The van der Waals surface area contributed by atoms with Gasteiger partial charge in [-0.25, -0.2) is 0 Å². The van der Waals surface area contributed by atoms with Crippen molar-refractivity contribution in [2.75, 3.05) is 13.1 Å². The van der Waals surface area contributed by atoms with E-state index >= 15 is 0 Å². The van der Waals surface area contributed by atoms with Gasteiger partial charge in [0, 0.05) is 25.0 Å². The number of rotatable bonds is 4. The number of hydrogen-bond acceptors (Lipinski definition) is 4. The van der Waals surface area contributed by atoms with Crippen LogP contribution in [0.4, 0.5) is 0 Å². The molecule has 4 nitrogen and oxygen atoms in total. The Kier molecular flexibility index (Phi) is 6.98. The van der Waals surface area contributed by atoms with Gasteiger partial charge in [-0.1, -0.05) is 56.5 Å². The summed E-state index contributed by atoms with van der Waals surface area (Å²) in [7, 11) is 0. The van der Waals surface area contributed by atoms with Gasteiger partial charge < -0.3 is 10.5 Å². The molecule has 2 aliphatic heterocycles. The molecule has 4 rings (SSSR count). The second kappa shape index (κ2) is 9.06. The second-order valence-corrected chi connectivity index (χ2v) is 8.49. The number of fused-ring (bicyclic) bond motifs is 2. The van der Waals surface area contributed by atoms with E-state index in [9.17, 15) is 4.79 Å². The Balaban J connectivity index is 0.00000210. The summed E-state index contributed by atoms with van der Waals surface area (Å²) in [5.41, 5.74) is 7.89. The van der Waals surface area contributed by atoms with Crippen molar-refractivity contribution in [2.24, 2.45) is 17.6 Å². The fourth-order valence-corrected chi connectivity index (χ4v) is 5.53. The molecule has 0 aromatic heterocycles. The first-order valence-corrected chi connectivity index (χ1v) is 10.4. The van der Waals surface area contributed by atoms with Gasteiger partial charge in [0.25, 0.3) is 0 Å². The first-order chi connectivity index (χ1) is 12.7. The highest BCUT2D eigenvalue weighted by Gasteiger charge is 2.46. The third-order valence-electron chi connectivity index (χ3n) is 7.02. The number of morpholine rings is 1. The summed E-state index contributed by atoms with van der Waals surface area (Å²) < 4.78 is 5.90. The van der Waals surface area contributed by atoms with Crippen LogP contribution in [0.25, 0.3) is 0 Å². The summed E-state index contributed by atoms with van der Waals surface area (Å²) in [6.45, 7) is 4.01. The summed E-state index contributed by atoms with van der Waals surface area (Å²) in [6, 6.07) is 10.2. The standard InChI is InChI=1S/C22H32N2O2.BrH/c1-2-18(15-8-4-3-5-9-15)21(23)20-14-24-13-17-11-7-6-10-16(17)12-19(24)22(25)26-20;/h3-5,8-9,16-21H,2,6-7,10-14,23H2,1H3;1H/t16-,17+,18?,19-,20+,21-;/m0./s1. The quantitative estimate of drug-likeness (QED) is 0.727. The number of benzene rings is 1. The molecule has 3 aliphatic rings. The van der Waals surface area contributed by atoms with Gasteiger partial charge in [0.05, 0.1) is 0 Å². The molecule has 2 saturated heterocycles. The molecule has 1 saturated carbocycles. The molecule has 2 N–H and O–H groups in total. The van der Waals surface area contributed by atoms with E-state index in [4.69, 9.17) is 10.5 Å². The number of hydrogen-bond donors (Lipinski definition) is 1. The molecule has 1 aromatic carbocycles. The van der Waals surface area contributed by atoms with Gasteiger partial charge in [-0.2, -0.15) is 0 Å². The summed E-state index contributed by atoms with van der Waals surface area (Å²) in [4.78, 5) is 15.1. The van der Waals surface area contributed by atoms with E-state index in [0.29, 0.717) is 0 Å². The number of nitrogens with two attached hydrogens (primary N) is 1. The molecule has 27 heavy (non-hydrogen) atoms. The predicted molar refractivity (Wildman–Crippen MR) is 113 cm³/mol. The number of esters is 1. The average molecular weight is 437 g/mol. The molecule has 0 amide bonds. The molecular weight excluding hydrogens is 404 g/mol. The third kappa shape index (κ3) is 4.25. The lowest BCUT2D eigenvalue weighted by Crippen LogP contribution is -2.62. The number of piperidine rings is 1. The van der Waals surface area contributed by atoms with Crippen LogP contribution in [0, 0.1) is 11.8 Å². The second-order valence-electron chi connectivity index (χ2n) is 8.49. The molecule has 1 aliphatic carbocycles. The van der Waals surface area contributed by atoms with Gasteiger partial charge in [0.15, 0.2) is 0 Å². The molecule has 3 fully saturated rings. The summed E-state index contributed by atoms with van der Waals surface area (Å²) >= 11 is 0. The van der Waals surface area contributed by atoms with Crippen molar-refractivity contribution < 1.29 is 9.53 Å². The lowest BCUT2D eigenvalue weighted by molar-refractivity contribution is -0.174. The first-order valence-electron chi connectivity index (χ1n) is 10.4. The van der Waals surface area contributed by atoms with Crippen LogP contribution in [0.15, 0.2) is 30.3 Å². The van der Waals surface area contributed by atoms with Gasteiger partial charge in [0.1, 0.15) is 12.1 Å². The molecule has 1 aromatic rings. The Morgan fingerprint density at radius 2 is 1.85 bits per heavy atom. The Morgan fingerprint density at radius 3 is 2.56 bits per heavy atom. The summed E-state index contributed by atoms with van der Waals surface area (Å²) in [6.07, 6.45) is 7.02. The molecule has 0 bridgehead atoms. The van der Waals surface area contributed by atoms with Crippen molar-refractivity contribution in [1.29, 1.82) is 0 Å². The monoisotopic (exact) mass is 436 g/mol. The Labute approximate surface area is 173 Å². The maximum Gasteiger partial charge on any atom is 0.323 e. The number of carbonyl (C=O) groups excluding carboxylic acids is 1. The zero-order chi connectivity index (χ0) is 18.1. The molecular formula is C22H33BrN2O2. The van der Waals surface area contributed by atoms with Crippen LogP contribution in [-0.2, 0) is 9.53 Å². The average Bonchev–Trinajstić information content (AvgIpc) is 2.68. The van der Waals surface area contributed by atoms with Crippen LogP contribution in [0.1, 0.15) is 56.9 Å². The van der Waals surface area contributed by atoms with Gasteiger partial charge in [0.2, 0.25) is 0 Å². The minimum atomic E-state index is -0.205. The van der Waals surface area contributed by atoms with Crippen molar-refractivity contribution in [3.63, 3.8) is 0 Å². The van der Waals surface area contributed by atoms with Crippen molar-refractivity contribution in [3.8, 4) is 0 Å². The van der Waals surface area contributed by atoms with Crippen LogP contribution in [0.2, 0.25) is 0 Å². The van der Waals surface area contributed by atoms with E-state index in [0.717, 1.165) is 37.8 Å². The zero-order valence-electron chi connectivity index (χ0n) is 16.3. The summed E-state index contributed by atoms with van der Waals surface area (Å²) in [5.74, 6) is 1.66. The Hall–Kier alpha value is -0.910. The van der Waals surface area contributed by atoms with E-state index in [2.05, 4.69) is 36.1 Å².